The molecule has 1 aliphatic heterocycles. The Balaban J connectivity index is 2.04. The van der Waals surface area contributed by atoms with Crippen LogP contribution in [0.2, 0.25) is 0 Å². The number of rotatable bonds is 2. The van der Waals surface area contributed by atoms with E-state index in [0.29, 0.717) is 6.04 Å². The molecule has 1 aliphatic carbocycles. The molecule has 0 aromatic rings. The van der Waals surface area contributed by atoms with Crippen LogP contribution in [0, 0.1) is 0 Å². The molecule has 3 nitrogen and oxygen atoms in total. The molecular formula is C14H26BNO2. The summed E-state index contributed by atoms with van der Waals surface area (Å²) in [5, 5.41) is 0. The summed E-state index contributed by atoms with van der Waals surface area (Å²) >= 11 is 0. The first-order valence-corrected chi connectivity index (χ1v) is 6.94. The van der Waals surface area contributed by atoms with Gasteiger partial charge in [-0.3, -0.25) is 0 Å². The third-order valence-electron chi connectivity index (χ3n) is 4.70. The molecule has 0 aromatic carbocycles. The Morgan fingerprint density at radius 2 is 1.72 bits per heavy atom. The van der Waals surface area contributed by atoms with Crippen molar-refractivity contribution in [2.45, 2.75) is 64.2 Å². The smallest absolute Gasteiger partial charge is 0.400 e. The minimum absolute atomic E-state index is 0.141. The Hall–Kier alpha value is -0.315. The van der Waals surface area contributed by atoms with Crippen molar-refractivity contribution in [2.24, 2.45) is 0 Å². The van der Waals surface area contributed by atoms with Crippen molar-refractivity contribution >= 4 is 7.12 Å². The maximum absolute atomic E-state index is 6.10. The van der Waals surface area contributed by atoms with Gasteiger partial charge in [0.15, 0.2) is 0 Å². The van der Waals surface area contributed by atoms with Crippen molar-refractivity contribution in [1.82, 2.24) is 4.90 Å². The normalized spacial score (nSPS) is 30.7. The highest BCUT2D eigenvalue weighted by molar-refractivity contribution is 6.54. The molecule has 0 aromatic heterocycles. The zero-order valence-corrected chi connectivity index (χ0v) is 12.6. The van der Waals surface area contributed by atoms with E-state index >= 15 is 0 Å². The highest BCUT2D eigenvalue weighted by atomic mass is 16.7. The monoisotopic (exact) mass is 251 g/mol. The van der Waals surface area contributed by atoms with Gasteiger partial charge in [0.2, 0.25) is 0 Å². The summed E-state index contributed by atoms with van der Waals surface area (Å²) in [5.74, 6) is 0. The van der Waals surface area contributed by atoms with Crippen molar-refractivity contribution in [1.29, 1.82) is 0 Å². The first-order chi connectivity index (χ1) is 8.23. The van der Waals surface area contributed by atoms with E-state index < -0.39 is 0 Å². The molecule has 0 saturated carbocycles. The SMILES string of the molecule is CN(C)C1CC=C(B2OC(C)(C)C(C)(C)O2)CC1. The van der Waals surface area contributed by atoms with Crippen LogP contribution in [-0.2, 0) is 9.31 Å². The van der Waals surface area contributed by atoms with Gasteiger partial charge in [0, 0.05) is 6.04 Å². The second kappa shape index (κ2) is 4.66. The van der Waals surface area contributed by atoms with Gasteiger partial charge in [-0.2, -0.15) is 0 Å². The van der Waals surface area contributed by atoms with Crippen molar-refractivity contribution in [3.05, 3.63) is 11.5 Å². The molecule has 0 spiro atoms. The first kappa shape index (κ1) is 14.1. The molecule has 0 radical (unpaired) electrons. The van der Waals surface area contributed by atoms with E-state index in [1.807, 2.05) is 0 Å². The van der Waals surface area contributed by atoms with E-state index in [1.54, 1.807) is 0 Å². The lowest BCUT2D eigenvalue weighted by atomic mass is 9.71. The number of hydrogen-bond donors (Lipinski definition) is 0. The van der Waals surface area contributed by atoms with Gasteiger partial charge in [0.05, 0.1) is 11.2 Å². The second-order valence-electron chi connectivity index (χ2n) is 6.76. The largest absolute Gasteiger partial charge is 0.490 e. The molecule has 0 bridgehead atoms. The van der Waals surface area contributed by atoms with Crippen LogP contribution in [0.25, 0.3) is 0 Å². The molecule has 1 unspecified atom stereocenters. The quantitative estimate of drug-likeness (QED) is 0.704. The summed E-state index contributed by atoms with van der Waals surface area (Å²) in [6.45, 7) is 8.44. The van der Waals surface area contributed by atoms with E-state index in [4.69, 9.17) is 9.31 Å². The summed E-state index contributed by atoms with van der Waals surface area (Å²) < 4.78 is 12.2. The molecule has 1 atom stereocenters. The van der Waals surface area contributed by atoms with Gasteiger partial charge >= 0.3 is 7.12 Å². The summed E-state index contributed by atoms with van der Waals surface area (Å²) in [5.41, 5.74) is 0.875. The van der Waals surface area contributed by atoms with Gasteiger partial charge in [-0.1, -0.05) is 6.08 Å². The van der Waals surface area contributed by atoms with Crippen molar-refractivity contribution in [2.75, 3.05) is 14.1 Å². The van der Waals surface area contributed by atoms with E-state index in [0.717, 1.165) is 12.8 Å². The fraction of sp³-hybridized carbons (Fsp3) is 0.857. The molecule has 0 N–H and O–H groups in total. The number of nitrogens with zero attached hydrogens (tertiary/aromatic N) is 1. The molecule has 4 heteroatoms. The van der Waals surface area contributed by atoms with Crippen LogP contribution in [0.1, 0.15) is 47.0 Å². The maximum Gasteiger partial charge on any atom is 0.490 e. The molecule has 2 rings (SSSR count). The zero-order chi connectivity index (χ0) is 13.6. The van der Waals surface area contributed by atoms with E-state index in [9.17, 15) is 0 Å². The maximum atomic E-state index is 6.10. The molecule has 0 amide bonds. The number of hydrogen-bond acceptors (Lipinski definition) is 3. The standard InChI is InChI=1S/C14H26BNO2/c1-13(2)14(3,4)18-15(17-13)11-7-9-12(10-8-11)16(5)6/h7,12H,8-10H2,1-6H3. The average Bonchev–Trinajstić information content (AvgIpc) is 2.48. The predicted molar refractivity (Wildman–Crippen MR) is 75.5 cm³/mol. The van der Waals surface area contributed by atoms with Crippen LogP contribution in [0.5, 0.6) is 0 Å². The lowest BCUT2D eigenvalue weighted by Crippen LogP contribution is -2.41. The van der Waals surface area contributed by atoms with Gasteiger partial charge in [0.1, 0.15) is 0 Å². The summed E-state index contributed by atoms with van der Waals surface area (Å²) in [7, 11) is 4.16. The molecule has 18 heavy (non-hydrogen) atoms. The summed E-state index contributed by atoms with van der Waals surface area (Å²) in [4.78, 5) is 2.30. The predicted octanol–water partition coefficient (Wildman–Crippen LogP) is 2.66. The van der Waals surface area contributed by atoms with Crippen molar-refractivity contribution in [3.63, 3.8) is 0 Å². The Labute approximate surface area is 112 Å². The van der Waals surface area contributed by atoms with Crippen LogP contribution in [0.15, 0.2) is 11.5 Å². The number of allylic oxidation sites excluding steroid dienone is 1. The van der Waals surface area contributed by atoms with Gasteiger partial charge in [-0.25, -0.2) is 0 Å². The first-order valence-electron chi connectivity index (χ1n) is 6.94. The third-order valence-corrected chi connectivity index (χ3v) is 4.70. The Morgan fingerprint density at radius 1 is 1.17 bits per heavy atom. The van der Waals surface area contributed by atoms with Crippen LogP contribution in [0.3, 0.4) is 0 Å². The van der Waals surface area contributed by atoms with Crippen LogP contribution in [-0.4, -0.2) is 43.4 Å². The van der Waals surface area contributed by atoms with Crippen LogP contribution < -0.4 is 0 Å². The molecule has 1 heterocycles. The average molecular weight is 251 g/mol. The van der Waals surface area contributed by atoms with Gasteiger partial charge in [0.25, 0.3) is 0 Å². The summed E-state index contributed by atoms with van der Waals surface area (Å²) in [6, 6.07) is 0.663. The highest BCUT2D eigenvalue weighted by Crippen LogP contribution is 2.40. The summed E-state index contributed by atoms with van der Waals surface area (Å²) in [6.07, 6.45) is 5.70. The fourth-order valence-corrected chi connectivity index (χ4v) is 2.52. The molecule has 1 saturated heterocycles. The minimum Gasteiger partial charge on any atom is -0.400 e. The van der Waals surface area contributed by atoms with E-state index in [1.165, 1.54) is 11.9 Å². The fourth-order valence-electron chi connectivity index (χ4n) is 2.52. The van der Waals surface area contributed by atoms with Crippen molar-refractivity contribution in [3.8, 4) is 0 Å². The van der Waals surface area contributed by atoms with Crippen LogP contribution in [0.4, 0.5) is 0 Å². The topological polar surface area (TPSA) is 21.7 Å². The lowest BCUT2D eigenvalue weighted by molar-refractivity contribution is 0.00578. The third kappa shape index (κ3) is 2.51. The van der Waals surface area contributed by atoms with Crippen LogP contribution >= 0.6 is 0 Å². The Morgan fingerprint density at radius 3 is 2.11 bits per heavy atom. The zero-order valence-electron chi connectivity index (χ0n) is 12.6. The lowest BCUT2D eigenvalue weighted by Gasteiger charge is -2.32. The van der Waals surface area contributed by atoms with Gasteiger partial charge in [-0.15, -0.1) is 0 Å². The molecule has 102 valence electrons. The Kier molecular flexibility index (Phi) is 3.65. The minimum atomic E-state index is -0.225. The molecule has 1 fully saturated rings. The van der Waals surface area contributed by atoms with Gasteiger partial charge in [-0.05, 0) is 66.5 Å². The highest BCUT2D eigenvalue weighted by Gasteiger charge is 2.52. The Bertz CT molecular complexity index is 334. The van der Waals surface area contributed by atoms with E-state index in [2.05, 4.69) is 52.8 Å². The molecule has 2 aliphatic rings. The van der Waals surface area contributed by atoms with Crippen molar-refractivity contribution < 1.29 is 9.31 Å². The second-order valence-corrected chi connectivity index (χ2v) is 6.76. The molecular weight excluding hydrogens is 225 g/mol. The van der Waals surface area contributed by atoms with E-state index in [-0.39, 0.29) is 18.3 Å². The van der Waals surface area contributed by atoms with Gasteiger partial charge < -0.3 is 14.2 Å².